The predicted molar refractivity (Wildman–Crippen MR) is 86.6 cm³/mol. The van der Waals surface area contributed by atoms with Crippen molar-refractivity contribution in [3.8, 4) is 0 Å². The number of hydrogen-bond donors (Lipinski definition) is 2. The van der Waals surface area contributed by atoms with Crippen LogP contribution in [0.4, 0.5) is 0 Å². The number of rotatable bonds is 3. The number of nitrogens with zero attached hydrogens (tertiary/aromatic N) is 2. The largest absolute Gasteiger partial charge is 0.396 e. The highest BCUT2D eigenvalue weighted by Crippen LogP contribution is 2.31. The molecule has 0 saturated heterocycles. The topological polar surface area (TPSA) is 42.5 Å². The number of benzene rings is 1. The average Bonchev–Trinajstić information content (AvgIpc) is 2.75. The number of aliphatic hydroxyl groups is 1. The van der Waals surface area contributed by atoms with Gasteiger partial charge in [0.1, 0.15) is 0 Å². The van der Waals surface area contributed by atoms with E-state index in [-0.39, 0.29) is 12.5 Å². The van der Waals surface area contributed by atoms with Crippen molar-refractivity contribution >= 4 is 10.9 Å². The van der Waals surface area contributed by atoms with Crippen LogP contribution in [0.3, 0.4) is 0 Å². The molecule has 0 fully saturated rings. The maximum atomic E-state index is 9.87. The standard InChI is InChI=1S/C17H25N3O/c1-12(19(2)3)20-9-8-15-14-6-4-5-7-16(14)18-17(15)13(10-20)11-21/h4-7,12-13,18,21H,8-11H2,1-3H3. The third-order valence-electron chi connectivity index (χ3n) is 4.85. The molecule has 1 aromatic carbocycles. The van der Waals surface area contributed by atoms with Gasteiger partial charge in [0.25, 0.3) is 0 Å². The molecule has 1 aromatic heterocycles. The van der Waals surface area contributed by atoms with Crippen LogP contribution in [0, 0.1) is 0 Å². The van der Waals surface area contributed by atoms with Crippen LogP contribution in [0.5, 0.6) is 0 Å². The lowest BCUT2D eigenvalue weighted by molar-refractivity contribution is 0.0826. The molecule has 114 valence electrons. The molecular weight excluding hydrogens is 262 g/mol. The van der Waals surface area contributed by atoms with Crippen molar-refractivity contribution in [1.82, 2.24) is 14.8 Å². The second kappa shape index (κ2) is 5.79. The maximum Gasteiger partial charge on any atom is 0.0588 e. The highest BCUT2D eigenvalue weighted by atomic mass is 16.3. The zero-order valence-electron chi connectivity index (χ0n) is 13.1. The van der Waals surface area contributed by atoms with Crippen LogP contribution in [0.15, 0.2) is 24.3 Å². The van der Waals surface area contributed by atoms with E-state index in [1.165, 1.54) is 22.2 Å². The van der Waals surface area contributed by atoms with Gasteiger partial charge in [0.2, 0.25) is 0 Å². The number of hydrogen-bond acceptors (Lipinski definition) is 3. The molecule has 0 spiro atoms. The lowest BCUT2D eigenvalue weighted by Gasteiger charge is -2.34. The van der Waals surface area contributed by atoms with E-state index >= 15 is 0 Å². The second-order valence-corrected chi connectivity index (χ2v) is 6.28. The van der Waals surface area contributed by atoms with Crippen LogP contribution < -0.4 is 0 Å². The molecular formula is C17H25N3O. The van der Waals surface area contributed by atoms with E-state index in [1.807, 2.05) is 0 Å². The number of aliphatic hydroxyl groups excluding tert-OH is 1. The number of aromatic nitrogens is 1. The summed E-state index contributed by atoms with van der Waals surface area (Å²) in [5, 5.41) is 11.2. The molecule has 1 aliphatic heterocycles. The van der Waals surface area contributed by atoms with Gasteiger partial charge in [-0.05, 0) is 39.1 Å². The SMILES string of the molecule is CC(N(C)C)N1CCc2c([nH]c3ccccc23)C(CO)C1. The minimum absolute atomic E-state index is 0.164. The number of nitrogens with one attached hydrogen (secondary N) is 1. The Morgan fingerprint density at radius 1 is 1.38 bits per heavy atom. The monoisotopic (exact) mass is 287 g/mol. The van der Waals surface area contributed by atoms with Crippen LogP contribution in [-0.2, 0) is 6.42 Å². The van der Waals surface area contributed by atoms with E-state index in [1.54, 1.807) is 0 Å². The molecule has 2 heterocycles. The van der Waals surface area contributed by atoms with Crippen molar-refractivity contribution in [2.24, 2.45) is 0 Å². The van der Waals surface area contributed by atoms with Gasteiger partial charge in [-0.1, -0.05) is 18.2 Å². The summed E-state index contributed by atoms with van der Waals surface area (Å²) in [4.78, 5) is 8.24. The molecule has 1 aliphatic rings. The Balaban J connectivity index is 1.98. The predicted octanol–water partition coefficient (Wildman–Crippen LogP) is 2.01. The summed E-state index contributed by atoms with van der Waals surface area (Å²) in [6.07, 6.45) is 1.42. The van der Waals surface area contributed by atoms with E-state index in [2.05, 4.69) is 60.1 Å². The Kier molecular flexibility index (Phi) is 4.02. The van der Waals surface area contributed by atoms with Crippen molar-refractivity contribution in [2.45, 2.75) is 25.4 Å². The van der Waals surface area contributed by atoms with E-state index in [0.717, 1.165) is 19.5 Å². The molecule has 2 N–H and O–H groups in total. The molecule has 2 aromatic rings. The average molecular weight is 287 g/mol. The molecule has 21 heavy (non-hydrogen) atoms. The summed E-state index contributed by atoms with van der Waals surface area (Å²) in [5.74, 6) is 0.164. The van der Waals surface area contributed by atoms with Crippen LogP contribution >= 0.6 is 0 Å². The summed E-state index contributed by atoms with van der Waals surface area (Å²) in [6, 6.07) is 8.46. The quantitative estimate of drug-likeness (QED) is 0.907. The number of H-pyrrole nitrogens is 1. The van der Waals surface area contributed by atoms with Gasteiger partial charge in [-0.25, -0.2) is 0 Å². The third kappa shape index (κ3) is 2.59. The fraction of sp³-hybridized carbons (Fsp3) is 0.529. The van der Waals surface area contributed by atoms with Gasteiger partial charge in [0, 0.05) is 35.6 Å². The summed E-state index contributed by atoms with van der Waals surface area (Å²) in [7, 11) is 4.22. The fourth-order valence-corrected chi connectivity index (χ4v) is 3.37. The van der Waals surface area contributed by atoms with Crippen molar-refractivity contribution < 1.29 is 5.11 Å². The third-order valence-corrected chi connectivity index (χ3v) is 4.85. The molecule has 0 aliphatic carbocycles. The zero-order valence-corrected chi connectivity index (χ0v) is 13.1. The molecule has 0 radical (unpaired) electrons. The van der Waals surface area contributed by atoms with Crippen molar-refractivity contribution in [3.05, 3.63) is 35.5 Å². The van der Waals surface area contributed by atoms with Crippen molar-refractivity contribution in [2.75, 3.05) is 33.8 Å². The lowest BCUT2D eigenvalue weighted by Crippen LogP contribution is -2.45. The second-order valence-electron chi connectivity index (χ2n) is 6.28. The Hall–Kier alpha value is -1.36. The molecule has 0 amide bonds. The summed E-state index contributed by atoms with van der Waals surface area (Å²) >= 11 is 0. The maximum absolute atomic E-state index is 9.87. The number of aromatic amines is 1. The first kappa shape index (κ1) is 14.6. The smallest absolute Gasteiger partial charge is 0.0588 e. The molecule has 2 atom stereocenters. The van der Waals surface area contributed by atoms with Gasteiger partial charge >= 0.3 is 0 Å². The van der Waals surface area contributed by atoms with Crippen LogP contribution in [0.1, 0.15) is 24.1 Å². The van der Waals surface area contributed by atoms with Gasteiger partial charge in [-0.3, -0.25) is 9.80 Å². The van der Waals surface area contributed by atoms with Gasteiger partial charge in [0.15, 0.2) is 0 Å². The van der Waals surface area contributed by atoms with Gasteiger partial charge < -0.3 is 10.1 Å². The van der Waals surface area contributed by atoms with E-state index < -0.39 is 0 Å². The number of fused-ring (bicyclic) bond motifs is 3. The first-order valence-electron chi connectivity index (χ1n) is 7.72. The first-order valence-corrected chi connectivity index (χ1v) is 7.72. The number of para-hydroxylation sites is 1. The van der Waals surface area contributed by atoms with E-state index in [9.17, 15) is 5.11 Å². The normalized spacial score (nSPS) is 21.5. The summed E-state index contributed by atoms with van der Waals surface area (Å²) in [5.41, 5.74) is 3.81. The molecule has 4 nitrogen and oxygen atoms in total. The van der Waals surface area contributed by atoms with Gasteiger partial charge in [-0.2, -0.15) is 0 Å². The molecule has 4 heteroatoms. The summed E-state index contributed by atoms with van der Waals surface area (Å²) in [6.45, 7) is 4.35. The Bertz CT molecular complexity index is 620. The minimum atomic E-state index is 0.164. The van der Waals surface area contributed by atoms with Crippen LogP contribution in [-0.4, -0.2) is 59.8 Å². The highest BCUT2D eigenvalue weighted by Gasteiger charge is 2.28. The Morgan fingerprint density at radius 2 is 2.14 bits per heavy atom. The van der Waals surface area contributed by atoms with E-state index in [4.69, 9.17) is 0 Å². The highest BCUT2D eigenvalue weighted by molar-refractivity contribution is 5.85. The minimum Gasteiger partial charge on any atom is -0.396 e. The zero-order chi connectivity index (χ0) is 15.0. The van der Waals surface area contributed by atoms with Crippen molar-refractivity contribution in [3.63, 3.8) is 0 Å². The van der Waals surface area contributed by atoms with Crippen LogP contribution in [0.2, 0.25) is 0 Å². The first-order chi connectivity index (χ1) is 10.1. The fourth-order valence-electron chi connectivity index (χ4n) is 3.37. The Labute approximate surface area is 126 Å². The van der Waals surface area contributed by atoms with E-state index in [0.29, 0.717) is 6.17 Å². The van der Waals surface area contributed by atoms with Crippen molar-refractivity contribution in [1.29, 1.82) is 0 Å². The molecule has 0 bridgehead atoms. The van der Waals surface area contributed by atoms with Crippen LogP contribution in [0.25, 0.3) is 10.9 Å². The summed E-state index contributed by atoms with van der Waals surface area (Å²) < 4.78 is 0. The van der Waals surface area contributed by atoms with Gasteiger partial charge in [0.05, 0.1) is 12.8 Å². The molecule has 3 rings (SSSR count). The molecule has 2 unspecified atom stereocenters. The lowest BCUT2D eigenvalue weighted by atomic mass is 10.0. The Morgan fingerprint density at radius 3 is 2.86 bits per heavy atom. The van der Waals surface area contributed by atoms with Gasteiger partial charge in [-0.15, -0.1) is 0 Å². The molecule has 0 saturated carbocycles.